The Bertz CT molecular complexity index is 599. The maximum Gasteiger partial charge on any atom is 0.142 e. The Labute approximate surface area is 127 Å². The van der Waals surface area contributed by atoms with Gasteiger partial charge in [-0.1, -0.05) is 34.1 Å². The smallest absolute Gasteiger partial charge is 0.142 e. The van der Waals surface area contributed by atoms with E-state index in [9.17, 15) is 5.11 Å². The van der Waals surface area contributed by atoms with Crippen LogP contribution in [0.2, 0.25) is 0 Å². The normalized spacial score (nSPS) is 12.1. The molecular formula is C16H18BrNO2. The molecule has 0 aliphatic heterocycles. The molecule has 2 aromatic rings. The molecule has 106 valence electrons. The summed E-state index contributed by atoms with van der Waals surface area (Å²) in [6.45, 7) is 1.75. The van der Waals surface area contributed by atoms with Crippen LogP contribution in [0.3, 0.4) is 0 Å². The minimum absolute atomic E-state index is 0.491. The Morgan fingerprint density at radius 1 is 1.20 bits per heavy atom. The molecule has 3 nitrogen and oxygen atoms in total. The van der Waals surface area contributed by atoms with Crippen LogP contribution in [0.4, 0.5) is 11.4 Å². The van der Waals surface area contributed by atoms with Gasteiger partial charge in [-0.15, -0.1) is 0 Å². The lowest BCUT2D eigenvalue weighted by Gasteiger charge is -2.23. The molecule has 0 aliphatic rings. The molecule has 1 N–H and O–H groups in total. The highest BCUT2D eigenvalue weighted by Crippen LogP contribution is 2.35. The highest BCUT2D eigenvalue weighted by atomic mass is 79.9. The van der Waals surface area contributed by atoms with Crippen molar-refractivity contribution in [2.45, 2.75) is 13.0 Å². The lowest BCUT2D eigenvalue weighted by molar-refractivity contribution is 0.198. The second-order valence-corrected chi connectivity index (χ2v) is 5.47. The SMILES string of the molecule is COc1ccccc1N(C)c1ccc([C@H](C)O)c(Br)c1. The number of ether oxygens (including phenoxy) is 1. The number of hydrogen-bond donors (Lipinski definition) is 1. The summed E-state index contributed by atoms with van der Waals surface area (Å²) in [6, 6.07) is 13.8. The van der Waals surface area contributed by atoms with Crippen LogP contribution in [0.5, 0.6) is 5.75 Å². The number of rotatable bonds is 4. The molecule has 1 atom stereocenters. The number of para-hydroxylation sites is 2. The summed E-state index contributed by atoms with van der Waals surface area (Å²) in [5.41, 5.74) is 2.89. The molecule has 0 saturated heterocycles. The fourth-order valence-electron chi connectivity index (χ4n) is 2.11. The average molecular weight is 336 g/mol. The number of nitrogens with zero attached hydrogens (tertiary/aromatic N) is 1. The van der Waals surface area contributed by atoms with Crippen molar-refractivity contribution in [1.29, 1.82) is 0 Å². The van der Waals surface area contributed by atoms with Gasteiger partial charge in [0.15, 0.2) is 0 Å². The van der Waals surface area contributed by atoms with Gasteiger partial charge in [0.2, 0.25) is 0 Å². The molecule has 0 bridgehead atoms. The van der Waals surface area contributed by atoms with Crippen LogP contribution in [-0.4, -0.2) is 19.3 Å². The molecule has 0 spiro atoms. The van der Waals surface area contributed by atoms with Crippen molar-refractivity contribution < 1.29 is 9.84 Å². The van der Waals surface area contributed by atoms with E-state index in [1.54, 1.807) is 14.0 Å². The van der Waals surface area contributed by atoms with Gasteiger partial charge in [-0.25, -0.2) is 0 Å². The lowest BCUT2D eigenvalue weighted by Crippen LogP contribution is -2.11. The van der Waals surface area contributed by atoms with Gasteiger partial charge in [-0.2, -0.15) is 0 Å². The summed E-state index contributed by atoms with van der Waals surface area (Å²) >= 11 is 3.51. The second kappa shape index (κ2) is 6.29. The standard InChI is InChI=1S/C16H18BrNO2/c1-11(19)13-9-8-12(10-14(13)17)18(2)15-6-4-5-7-16(15)20-3/h4-11,19H,1-3H3/t11-/m0/s1. The van der Waals surface area contributed by atoms with Gasteiger partial charge in [-0.05, 0) is 36.8 Å². The van der Waals surface area contributed by atoms with Crippen molar-refractivity contribution in [3.63, 3.8) is 0 Å². The van der Waals surface area contributed by atoms with E-state index in [-0.39, 0.29) is 0 Å². The molecule has 0 fully saturated rings. The number of aliphatic hydroxyl groups excluding tert-OH is 1. The summed E-state index contributed by atoms with van der Waals surface area (Å²) in [7, 11) is 3.65. The van der Waals surface area contributed by atoms with E-state index < -0.39 is 6.10 Å². The number of methoxy groups -OCH3 is 1. The zero-order chi connectivity index (χ0) is 14.7. The highest BCUT2D eigenvalue weighted by molar-refractivity contribution is 9.10. The first-order valence-corrected chi connectivity index (χ1v) is 7.18. The molecule has 0 aromatic heterocycles. The quantitative estimate of drug-likeness (QED) is 0.905. The largest absolute Gasteiger partial charge is 0.495 e. The zero-order valence-corrected chi connectivity index (χ0v) is 13.4. The number of benzene rings is 2. The third-order valence-electron chi connectivity index (χ3n) is 3.27. The minimum atomic E-state index is -0.491. The van der Waals surface area contributed by atoms with Crippen molar-refractivity contribution in [1.82, 2.24) is 0 Å². The van der Waals surface area contributed by atoms with Crippen LogP contribution in [0.15, 0.2) is 46.9 Å². The maximum absolute atomic E-state index is 9.67. The van der Waals surface area contributed by atoms with Crippen LogP contribution < -0.4 is 9.64 Å². The van der Waals surface area contributed by atoms with Gasteiger partial charge in [-0.3, -0.25) is 0 Å². The summed E-state index contributed by atoms with van der Waals surface area (Å²) < 4.78 is 6.28. The van der Waals surface area contributed by atoms with E-state index in [2.05, 4.69) is 20.8 Å². The van der Waals surface area contributed by atoms with Gasteiger partial charge >= 0.3 is 0 Å². The Hall–Kier alpha value is -1.52. The first-order valence-electron chi connectivity index (χ1n) is 6.39. The first-order chi connectivity index (χ1) is 9.54. The van der Waals surface area contributed by atoms with E-state index in [1.807, 2.05) is 49.5 Å². The maximum atomic E-state index is 9.67. The molecule has 2 aromatic carbocycles. The average Bonchev–Trinajstić information content (AvgIpc) is 2.45. The number of hydrogen-bond acceptors (Lipinski definition) is 3. The van der Waals surface area contributed by atoms with Gasteiger partial charge in [0.05, 0.1) is 18.9 Å². The van der Waals surface area contributed by atoms with E-state index in [1.165, 1.54) is 0 Å². The summed E-state index contributed by atoms with van der Waals surface area (Å²) in [5, 5.41) is 9.67. The summed E-state index contributed by atoms with van der Waals surface area (Å²) in [5.74, 6) is 0.825. The topological polar surface area (TPSA) is 32.7 Å². The number of aliphatic hydroxyl groups is 1. The zero-order valence-electron chi connectivity index (χ0n) is 11.8. The molecular weight excluding hydrogens is 318 g/mol. The van der Waals surface area contributed by atoms with Gasteiger partial charge in [0, 0.05) is 17.2 Å². The monoisotopic (exact) mass is 335 g/mol. The Kier molecular flexibility index (Phi) is 4.68. The first kappa shape index (κ1) is 14.9. The molecule has 20 heavy (non-hydrogen) atoms. The van der Waals surface area contributed by atoms with Gasteiger partial charge in [0.1, 0.15) is 5.75 Å². The van der Waals surface area contributed by atoms with Crippen molar-refractivity contribution in [3.05, 3.63) is 52.5 Å². The van der Waals surface area contributed by atoms with Crippen LogP contribution in [0.25, 0.3) is 0 Å². The van der Waals surface area contributed by atoms with Crippen LogP contribution in [-0.2, 0) is 0 Å². The third kappa shape index (κ3) is 2.97. The fourth-order valence-corrected chi connectivity index (χ4v) is 2.81. The van der Waals surface area contributed by atoms with Crippen LogP contribution in [0.1, 0.15) is 18.6 Å². The van der Waals surface area contributed by atoms with Crippen LogP contribution >= 0.6 is 15.9 Å². The fraction of sp³-hybridized carbons (Fsp3) is 0.250. The predicted octanol–water partition coefficient (Wildman–Crippen LogP) is 4.28. The van der Waals surface area contributed by atoms with Crippen molar-refractivity contribution >= 4 is 27.3 Å². The molecule has 0 saturated carbocycles. The summed E-state index contributed by atoms with van der Waals surface area (Å²) in [4.78, 5) is 2.05. The molecule has 0 aliphatic carbocycles. The molecule has 0 amide bonds. The molecule has 4 heteroatoms. The van der Waals surface area contributed by atoms with Crippen LogP contribution in [0, 0.1) is 0 Å². The van der Waals surface area contributed by atoms with Crippen molar-refractivity contribution in [2.75, 3.05) is 19.1 Å². The molecule has 2 rings (SSSR count). The molecule has 0 heterocycles. The van der Waals surface area contributed by atoms with E-state index in [4.69, 9.17) is 4.74 Å². The van der Waals surface area contributed by atoms with Crippen molar-refractivity contribution in [2.24, 2.45) is 0 Å². The van der Waals surface area contributed by atoms with Gasteiger partial charge < -0.3 is 14.7 Å². The van der Waals surface area contributed by atoms with Gasteiger partial charge in [0.25, 0.3) is 0 Å². The highest BCUT2D eigenvalue weighted by Gasteiger charge is 2.12. The summed E-state index contributed by atoms with van der Waals surface area (Å²) in [6.07, 6.45) is -0.491. The van der Waals surface area contributed by atoms with E-state index >= 15 is 0 Å². The Morgan fingerprint density at radius 2 is 1.90 bits per heavy atom. The van der Waals surface area contributed by atoms with Crippen molar-refractivity contribution in [3.8, 4) is 5.75 Å². The lowest BCUT2D eigenvalue weighted by atomic mass is 10.1. The van der Waals surface area contributed by atoms with E-state index in [0.717, 1.165) is 27.2 Å². The second-order valence-electron chi connectivity index (χ2n) is 4.61. The minimum Gasteiger partial charge on any atom is -0.495 e. The number of halogens is 1. The Morgan fingerprint density at radius 3 is 2.50 bits per heavy atom. The predicted molar refractivity (Wildman–Crippen MR) is 85.8 cm³/mol. The van der Waals surface area contributed by atoms with E-state index in [0.29, 0.717) is 0 Å². The number of anilines is 2. The third-order valence-corrected chi connectivity index (χ3v) is 3.95. The Balaban J connectivity index is 2.38. The molecule has 0 radical (unpaired) electrons. The molecule has 0 unspecified atom stereocenters.